The molecule has 1 aromatic heterocycles. The smallest absolute Gasteiger partial charge is 0.363 e. The molecule has 1 N–H and O–H groups in total. The number of ether oxygens (including phenoxy) is 1. The highest BCUT2D eigenvalue weighted by Gasteiger charge is 2.25. The van der Waals surface area contributed by atoms with E-state index in [1.807, 2.05) is 0 Å². The van der Waals surface area contributed by atoms with Crippen molar-refractivity contribution in [1.29, 1.82) is 0 Å². The highest BCUT2D eigenvalue weighted by molar-refractivity contribution is 6.76. The minimum Gasteiger partial charge on any atom is -0.476 e. The zero-order chi connectivity index (χ0) is 14.6. The van der Waals surface area contributed by atoms with Crippen molar-refractivity contribution in [1.82, 2.24) is 9.78 Å². The molecule has 8 nitrogen and oxygen atoms in total. The second kappa shape index (κ2) is 5.93. The van der Waals surface area contributed by atoms with Gasteiger partial charge in [-0.25, -0.2) is 9.48 Å². The van der Waals surface area contributed by atoms with E-state index in [9.17, 15) is 14.9 Å². The topological polar surface area (TPSA) is 107 Å². The number of hydrogen-bond donors (Lipinski definition) is 1. The zero-order valence-electron chi connectivity index (χ0n) is 11.1. The average molecular weight is 287 g/mol. The molecule has 0 aliphatic carbocycles. The molecule has 0 radical (unpaired) electrons. The van der Waals surface area contributed by atoms with E-state index in [1.165, 1.54) is 0 Å². The van der Waals surface area contributed by atoms with Gasteiger partial charge >= 0.3 is 11.7 Å². The standard InChI is InChI=1S/C10H17N3O5Si/c1-19(2,3)5-4-18-7-12-6-8(13(16)17)9(11-12)10(14)15/h6H,4-5,7H2,1-3H3,(H,14,15). The summed E-state index contributed by atoms with van der Waals surface area (Å²) in [6.45, 7) is 7.16. The molecule has 0 saturated carbocycles. The molecular weight excluding hydrogens is 270 g/mol. The Morgan fingerprint density at radius 1 is 1.58 bits per heavy atom. The Bertz CT molecular complexity index is 448. The number of aromatic nitrogens is 2. The fourth-order valence-corrected chi connectivity index (χ4v) is 2.06. The van der Waals surface area contributed by atoms with Crippen LogP contribution in [-0.4, -0.2) is 40.5 Å². The van der Waals surface area contributed by atoms with E-state index >= 15 is 0 Å². The maximum absolute atomic E-state index is 10.8. The van der Waals surface area contributed by atoms with Crippen LogP contribution in [0.1, 0.15) is 10.5 Å². The lowest BCUT2D eigenvalue weighted by Gasteiger charge is -2.15. The third kappa shape index (κ3) is 4.79. The predicted octanol–water partition coefficient (Wildman–Crippen LogP) is 1.80. The highest BCUT2D eigenvalue weighted by Crippen LogP contribution is 2.16. The van der Waals surface area contributed by atoms with Crippen molar-refractivity contribution in [3.63, 3.8) is 0 Å². The number of carbonyl (C=O) groups is 1. The Labute approximate surface area is 111 Å². The van der Waals surface area contributed by atoms with E-state index < -0.39 is 30.3 Å². The Hall–Kier alpha value is -1.74. The summed E-state index contributed by atoms with van der Waals surface area (Å²) in [5, 5.41) is 23.1. The molecule has 0 amide bonds. The zero-order valence-corrected chi connectivity index (χ0v) is 12.1. The summed E-state index contributed by atoms with van der Waals surface area (Å²) in [5.74, 6) is -1.42. The van der Waals surface area contributed by atoms with Crippen molar-refractivity contribution >= 4 is 19.7 Å². The van der Waals surface area contributed by atoms with Gasteiger partial charge in [0.15, 0.2) is 0 Å². The van der Waals surface area contributed by atoms with Crippen LogP contribution in [0, 0.1) is 10.1 Å². The number of carboxylic acids is 1. The fourth-order valence-electron chi connectivity index (χ4n) is 1.30. The summed E-state index contributed by atoms with van der Waals surface area (Å²) in [6.07, 6.45) is 1.07. The first-order valence-electron chi connectivity index (χ1n) is 5.73. The third-order valence-electron chi connectivity index (χ3n) is 2.36. The van der Waals surface area contributed by atoms with E-state index in [0.29, 0.717) is 6.61 Å². The van der Waals surface area contributed by atoms with E-state index in [2.05, 4.69) is 24.7 Å². The predicted molar refractivity (Wildman–Crippen MR) is 69.9 cm³/mol. The van der Waals surface area contributed by atoms with Gasteiger partial charge in [0.05, 0.1) is 4.92 Å². The van der Waals surface area contributed by atoms with Gasteiger partial charge in [-0.1, -0.05) is 19.6 Å². The number of carboxylic acid groups (broad SMARTS) is 1. The Morgan fingerprint density at radius 2 is 2.21 bits per heavy atom. The van der Waals surface area contributed by atoms with Crippen LogP contribution in [0.5, 0.6) is 0 Å². The molecule has 0 unspecified atom stereocenters. The van der Waals surface area contributed by atoms with Gasteiger partial charge in [-0.15, -0.1) is 0 Å². The van der Waals surface area contributed by atoms with Gasteiger partial charge in [0.25, 0.3) is 0 Å². The third-order valence-corrected chi connectivity index (χ3v) is 4.07. The second-order valence-corrected chi connectivity index (χ2v) is 10.9. The van der Waals surface area contributed by atoms with Crippen molar-refractivity contribution in [2.75, 3.05) is 6.61 Å². The lowest BCUT2D eigenvalue weighted by molar-refractivity contribution is -0.385. The SMILES string of the molecule is C[Si](C)(C)CCOCn1cc([N+](=O)[O-])c(C(=O)O)n1. The first-order chi connectivity index (χ1) is 8.70. The molecule has 0 spiro atoms. The largest absolute Gasteiger partial charge is 0.476 e. The lowest BCUT2D eigenvalue weighted by Crippen LogP contribution is -2.22. The van der Waals surface area contributed by atoms with Crippen LogP contribution >= 0.6 is 0 Å². The Morgan fingerprint density at radius 3 is 2.63 bits per heavy atom. The molecule has 0 atom stereocenters. The fraction of sp³-hybridized carbons (Fsp3) is 0.600. The number of aromatic carboxylic acids is 1. The Kier molecular flexibility index (Phi) is 4.78. The molecule has 0 aromatic carbocycles. The summed E-state index contributed by atoms with van der Waals surface area (Å²) >= 11 is 0. The van der Waals surface area contributed by atoms with Crippen molar-refractivity contribution in [3.8, 4) is 0 Å². The summed E-state index contributed by atoms with van der Waals surface area (Å²) in [4.78, 5) is 20.7. The monoisotopic (exact) mass is 287 g/mol. The van der Waals surface area contributed by atoms with Crippen LogP contribution < -0.4 is 0 Å². The quantitative estimate of drug-likeness (QED) is 0.354. The average Bonchev–Trinajstić information content (AvgIpc) is 2.67. The van der Waals surface area contributed by atoms with Gasteiger partial charge in [-0.2, -0.15) is 5.10 Å². The van der Waals surface area contributed by atoms with Crippen LogP contribution in [0.3, 0.4) is 0 Å². The molecule has 1 rings (SSSR count). The van der Waals surface area contributed by atoms with Crippen LogP contribution in [0.15, 0.2) is 6.20 Å². The first kappa shape index (κ1) is 15.3. The minimum atomic E-state index is -1.42. The molecule has 1 heterocycles. The van der Waals surface area contributed by atoms with Gasteiger partial charge in [0, 0.05) is 14.7 Å². The van der Waals surface area contributed by atoms with Crippen molar-refractivity contribution in [2.24, 2.45) is 0 Å². The van der Waals surface area contributed by atoms with Crippen LogP contribution in [0.25, 0.3) is 0 Å². The molecular formula is C10H17N3O5Si. The van der Waals surface area contributed by atoms with E-state index in [0.717, 1.165) is 16.9 Å². The van der Waals surface area contributed by atoms with Gasteiger partial charge in [-0.05, 0) is 6.04 Å². The first-order valence-corrected chi connectivity index (χ1v) is 9.44. The van der Waals surface area contributed by atoms with Crippen molar-refractivity contribution in [3.05, 3.63) is 22.0 Å². The molecule has 1 aromatic rings. The summed E-state index contributed by atoms with van der Waals surface area (Å²) in [7, 11) is -1.19. The second-order valence-electron chi connectivity index (χ2n) is 5.31. The lowest BCUT2D eigenvalue weighted by atomic mass is 10.4. The number of hydrogen-bond acceptors (Lipinski definition) is 5. The summed E-state index contributed by atoms with van der Waals surface area (Å²) in [5.41, 5.74) is -1.10. The molecule has 19 heavy (non-hydrogen) atoms. The molecule has 0 aliphatic rings. The van der Waals surface area contributed by atoms with Gasteiger partial charge < -0.3 is 9.84 Å². The van der Waals surface area contributed by atoms with E-state index in [-0.39, 0.29) is 6.73 Å². The molecule has 9 heteroatoms. The minimum absolute atomic E-state index is 0.0125. The Balaban J connectivity index is 2.63. The highest BCUT2D eigenvalue weighted by atomic mass is 28.3. The van der Waals surface area contributed by atoms with Crippen LogP contribution in [-0.2, 0) is 11.5 Å². The normalized spacial score (nSPS) is 11.5. The van der Waals surface area contributed by atoms with Crippen molar-refractivity contribution in [2.45, 2.75) is 32.4 Å². The maximum atomic E-state index is 10.8. The molecule has 0 bridgehead atoms. The van der Waals surface area contributed by atoms with E-state index in [4.69, 9.17) is 9.84 Å². The number of rotatable bonds is 7. The summed E-state index contributed by atoms with van der Waals surface area (Å²) < 4.78 is 6.47. The molecule has 106 valence electrons. The van der Waals surface area contributed by atoms with Crippen molar-refractivity contribution < 1.29 is 19.6 Å². The summed E-state index contributed by atoms with van der Waals surface area (Å²) in [6, 6.07) is 0.960. The molecule has 0 aliphatic heterocycles. The molecule has 0 fully saturated rings. The van der Waals surface area contributed by atoms with Gasteiger partial charge in [0.2, 0.25) is 5.69 Å². The molecule has 0 saturated heterocycles. The van der Waals surface area contributed by atoms with E-state index in [1.54, 1.807) is 0 Å². The van der Waals surface area contributed by atoms with Gasteiger partial charge in [-0.3, -0.25) is 10.1 Å². The van der Waals surface area contributed by atoms with Crippen LogP contribution in [0.4, 0.5) is 5.69 Å². The number of nitro groups is 1. The maximum Gasteiger partial charge on any atom is 0.363 e. The number of nitrogens with zero attached hydrogens (tertiary/aromatic N) is 3. The van der Waals surface area contributed by atoms with Gasteiger partial charge in [0.1, 0.15) is 12.9 Å². The van der Waals surface area contributed by atoms with Crippen LogP contribution in [0.2, 0.25) is 25.7 Å².